The summed E-state index contributed by atoms with van der Waals surface area (Å²) in [5.74, 6) is 4.60. The zero-order valence-electron chi connectivity index (χ0n) is 12.2. The van der Waals surface area contributed by atoms with Gasteiger partial charge in [0.25, 0.3) is 5.91 Å². The Morgan fingerprint density at radius 1 is 1.45 bits per heavy atom. The number of hydrogen-bond donors (Lipinski definition) is 1. The van der Waals surface area contributed by atoms with E-state index in [2.05, 4.69) is 11.8 Å². The predicted molar refractivity (Wildman–Crippen MR) is 78.8 cm³/mol. The van der Waals surface area contributed by atoms with Crippen LogP contribution in [-0.2, 0) is 0 Å². The number of nitrogens with zero attached hydrogens (tertiary/aromatic N) is 1. The summed E-state index contributed by atoms with van der Waals surface area (Å²) in [6.45, 7) is 6.70. The second-order valence-electron chi connectivity index (χ2n) is 4.55. The van der Waals surface area contributed by atoms with Crippen LogP contribution in [0.5, 0.6) is 0 Å². The number of hydrogen-bond acceptors (Lipinski definition) is 2. The Morgan fingerprint density at radius 2 is 2.15 bits per heavy atom. The van der Waals surface area contributed by atoms with Crippen molar-refractivity contribution in [1.29, 1.82) is 0 Å². The summed E-state index contributed by atoms with van der Waals surface area (Å²) in [6.07, 6.45) is 0.863. The Morgan fingerprint density at radius 3 is 2.65 bits per heavy atom. The van der Waals surface area contributed by atoms with Crippen LogP contribution in [0.25, 0.3) is 0 Å². The minimum atomic E-state index is -0.489. The standard InChI is InChI=1S/C16H21FN2O/c1-4-12(3)19(5-2)16(20)14-9-8-13(7-6-10-18)15(17)11-14/h8-9,11-12H,4-5,10,18H2,1-3H3. The van der Waals surface area contributed by atoms with E-state index in [4.69, 9.17) is 5.73 Å². The fraction of sp³-hybridized carbons (Fsp3) is 0.438. The number of halogens is 1. The number of rotatable bonds is 4. The molecule has 2 N–H and O–H groups in total. The smallest absolute Gasteiger partial charge is 0.254 e. The molecule has 4 heteroatoms. The van der Waals surface area contributed by atoms with Gasteiger partial charge in [0.2, 0.25) is 0 Å². The van der Waals surface area contributed by atoms with Gasteiger partial charge in [-0.05, 0) is 38.5 Å². The third kappa shape index (κ3) is 3.82. The van der Waals surface area contributed by atoms with Gasteiger partial charge in [-0.3, -0.25) is 4.79 Å². The van der Waals surface area contributed by atoms with Gasteiger partial charge >= 0.3 is 0 Å². The number of benzene rings is 1. The van der Waals surface area contributed by atoms with Crippen molar-refractivity contribution in [2.24, 2.45) is 5.73 Å². The van der Waals surface area contributed by atoms with Crippen LogP contribution in [0.4, 0.5) is 4.39 Å². The average molecular weight is 276 g/mol. The van der Waals surface area contributed by atoms with Crippen LogP contribution in [0.2, 0.25) is 0 Å². The first-order chi connectivity index (χ1) is 9.54. The molecule has 108 valence electrons. The summed E-state index contributed by atoms with van der Waals surface area (Å²) in [4.78, 5) is 14.1. The van der Waals surface area contributed by atoms with Gasteiger partial charge in [0, 0.05) is 18.2 Å². The summed E-state index contributed by atoms with van der Waals surface area (Å²) in [5, 5.41) is 0. The molecule has 0 aliphatic rings. The molecule has 0 fully saturated rings. The summed E-state index contributed by atoms with van der Waals surface area (Å²) in [6, 6.07) is 4.51. The fourth-order valence-corrected chi connectivity index (χ4v) is 1.94. The third-order valence-electron chi connectivity index (χ3n) is 3.27. The van der Waals surface area contributed by atoms with Gasteiger partial charge in [-0.25, -0.2) is 4.39 Å². The fourth-order valence-electron chi connectivity index (χ4n) is 1.94. The molecular weight excluding hydrogens is 255 g/mol. The molecule has 0 aromatic heterocycles. The molecule has 0 aliphatic heterocycles. The lowest BCUT2D eigenvalue weighted by Crippen LogP contribution is -2.38. The lowest BCUT2D eigenvalue weighted by molar-refractivity contribution is 0.0699. The van der Waals surface area contributed by atoms with Gasteiger partial charge in [0.05, 0.1) is 12.1 Å². The van der Waals surface area contributed by atoms with E-state index in [1.165, 1.54) is 12.1 Å². The second-order valence-corrected chi connectivity index (χ2v) is 4.55. The normalized spacial score (nSPS) is 11.4. The van der Waals surface area contributed by atoms with Gasteiger partial charge < -0.3 is 10.6 Å². The minimum Gasteiger partial charge on any atom is -0.336 e. The Labute approximate surface area is 120 Å². The van der Waals surface area contributed by atoms with Gasteiger partial charge in [0.15, 0.2) is 0 Å². The molecule has 0 saturated carbocycles. The van der Waals surface area contributed by atoms with Crippen LogP contribution in [0.3, 0.4) is 0 Å². The van der Waals surface area contributed by atoms with E-state index >= 15 is 0 Å². The summed E-state index contributed by atoms with van der Waals surface area (Å²) < 4.78 is 13.9. The molecule has 0 radical (unpaired) electrons. The maximum atomic E-state index is 13.9. The van der Waals surface area contributed by atoms with Crippen molar-refractivity contribution in [3.8, 4) is 11.8 Å². The molecule has 0 spiro atoms. The van der Waals surface area contributed by atoms with E-state index in [9.17, 15) is 9.18 Å². The average Bonchev–Trinajstić information content (AvgIpc) is 2.46. The van der Waals surface area contributed by atoms with Crippen molar-refractivity contribution in [3.63, 3.8) is 0 Å². The SMILES string of the molecule is CCC(C)N(CC)C(=O)c1ccc(C#CCN)c(F)c1. The summed E-state index contributed by atoms with van der Waals surface area (Å²) in [5.41, 5.74) is 5.87. The van der Waals surface area contributed by atoms with Crippen LogP contribution >= 0.6 is 0 Å². The molecule has 1 amide bonds. The molecule has 20 heavy (non-hydrogen) atoms. The number of amides is 1. The lowest BCUT2D eigenvalue weighted by Gasteiger charge is -2.27. The van der Waals surface area contributed by atoms with Crippen molar-refractivity contribution >= 4 is 5.91 Å². The quantitative estimate of drug-likeness (QED) is 0.858. The van der Waals surface area contributed by atoms with E-state index in [-0.39, 0.29) is 24.1 Å². The first kappa shape index (κ1) is 16.2. The number of carbonyl (C=O) groups excluding carboxylic acids is 1. The van der Waals surface area contributed by atoms with Gasteiger partial charge in [-0.15, -0.1) is 0 Å². The Kier molecular flexibility index (Phi) is 6.20. The lowest BCUT2D eigenvalue weighted by atomic mass is 10.1. The first-order valence-electron chi connectivity index (χ1n) is 6.84. The van der Waals surface area contributed by atoms with E-state index < -0.39 is 5.82 Å². The molecule has 1 atom stereocenters. The molecule has 0 bridgehead atoms. The zero-order chi connectivity index (χ0) is 15.1. The maximum Gasteiger partial charge on any atom is 0.254 e. The second kappa shape index (κ2) is 7.66. The third-order valence-corrected chi connectivity index (χ3v) is 3.27. The minimum absolute atomic E-state index is 0.132. The number of carbonyl (C=O) groups is 1. The van der Waals surface area contributed by atoms with Crippen LogP contribution in [0.15, 0.2) is 18.2 Å². The topological polar surface area (TPSA) is 46.3 Å². The van der Waals surface area contributed by atoms with E-state index in [1.54, 1.807) is 11.0 Å². The van der Waals surface area contributed by atoms with Crippen LogP contribution < -0.4 is 5.73 Å². The van der Waals surface area contributed by atoms with E-state index in [1.807, 2.05) is 20.8 Å². The van der Waals surface area contributed by atoms with Gasteiger partial charge in [-0.2, -0.15) is 0 Å². The highest BCUT2D eigenvalue weighted by Crippen LogP contribution is 2.14. The highest BCUT2D eigenvalue weighted by Gasteiger charge is 2.19. The van der Waals surface area contributed by atoms with Crippen LogP contribution in [0.1, 0.15) is 43.1 Å². The van der Waals surface area contributed by atoms with Gasteiger partial charge in [0.1, 0.15) is 5.82 Å². The zero-order valence-corrected chi connectivity index (χ0v) is 12.2. The summed E-state index contributed by atoms with van der Waals surface area (Å²) >= 11 is 0. The Balaban J connectivity index is 3.02. The van der Waals surface area contributed by atoms with Crippen LogP contribution in [-0.4, -0.2) is 29.9 Å². The Hall–Kier alpha value is -1.86. The highest BCUT2D eigenvalue weighted by molar-refractivity contribution is 5.94. The number of nitrogens with two attached hydrogens (primary N) is 1. The monoisotopic (exact) mass is 276 g/mol. The largest absolute Gasteiger partial charge is 0.336 e. The van der Waals surface area contributed by atoms with E-state index in [0.717, 1.165) is 6.42 Å². The molecule has 1 unspecified atom stereocenters. The van der Waals surface area contributed by atoms with Crippen molar-refractivity contribution in [3.05, 3.63) is 35.1 Å². The predicted octanol–water partition coefficient (Wildman–Crippen LogP) is 2.40. The highest BCUT2D eigenvalue weighted by atomic mass is 19.1. The van der Waals surface area contributed by atoms with E-state index in [0.29, 0.717) is 12.1 Å². The van der Waals surface area contributed by atoms with Crippen molar-refractivity contribution < 1.29 is 9.18 Å². The molecule has 3 nitrogen and oxygen atoms in total. The van der Waals surface area contributed by atoms with Crippen molar-refractivity contribution in [2.75, 3.05) is 13.1 Å². The summed E-state index contributed by atoms with van der Waals surface area (Å²) in [7, 11) is 0. The maximum absolute atomic E-state index is 13.9. The Bertz CT molecular complexity index is 531. The molecule has 1 aromatic carbocycles. The molecule has 0 aliphatic carbocycles. The van der Waals surface area contributed by atoms with Gasteiger partial charge in [-0.1, -0.05) is 18.8 Å². The molecule has 1 rings (SSSR count). The molecular formula is C16H21FN2O. The van der Waals surface area contributed by atoms with Crippen molar-refractivity contribution in [2.45, 2.75) is 33.2 Å². The molecule has 0 saturated heterocycles. The first-order valence-corrected chi connectivity index (χ1v) is 6.84. The molecule has 0 heterocycles. The van der Waals surface area contributed by atoms with Crippen molar-refractivity contribution in [1.82, 2.24) is 4.90 Å². The molecule has 1 aromatic rings. The van der Waals surface area contributed by atoms with Crippen LogP contribution in [0, 0.1) is 17.7 Å².